The number of rotatable bonds is 6. The van der Waals surface area contributed by atoms with Gasteiger partial charge in [-0.05, 0) is 31.0 Å². The molecule has 0 unspecified atom stereocenters. The third kappa shape index (κ3) is 4.73. The van der Waals surface area contributed by atoms with Crippen LogP contribution in [-0.2, 0) is 15.9 Å². The molecule has 0 spiro atoms. The Morgan fingerprint density at radius 2 is 2.13 bits per heavy atom. The van der Waals surface area contributed by atoms with Gasteiger partial charge in [0.25, 0.3) is 5.91 Å². The molecule has 0 bridgehead atoms. The highest BCUT2D eigenvalue weighted by Crippen LogP contribution is 2.25. The van der Waals surface area contributed by atoms with Gasteiger partial charge < -0.3 is 24.7 Å². The van der Waals surface area contributed by atoms with Gasteiger partial charge in [-0.3, -0.25) is 4.79 Å². The van der Waals surface area contributed by atoms with E-state index in [-0.39, 0.29) is 34.6 Å². The molecule has 0 aliphatic carbocycles. The lowest BCUT2D eigenvalue weighted by Gasteiger charge is -2.39. The molecule has 1 aliphatic heterocycles. The zero-order chi connectivity index (χ0) is 21.8. The first-order chi connectivity index (χ1) is 14.4. The van der Waals surface area contributed by atoms with E-state index < -0.39 is 11.8 Å². The Morgan fingerprint density at radius 3 is 2.77 bits per heavy atom. The van der Waals surface area contributed by atoms with E-state index in [1.165, 1.54) is 13.2 Å². The standard InChI is InChI=1S/C20H24ClFN4O4/c1-4-14-17(21)25-18(23-14)19(27)24-15-5-6-26(10-16(15)29-2)13-8-11(20(28)30-3)7-12(22)9-13/h7-9,15-16H,4-6,10H2,1-3H3,(H,23,25)(H,24,27)/t15-,16+/m1/s1. The molecule has 162 valence electrons. The van der Waals surface area contributed by atoms with Gasteiger partial charge in [0, 0.05) is 25.9 Å². The number of carbonyl (C=O) groups is 2. The van der Waals surface area contributed by atoms with Crippen molar-refractivity contribution in [3.63, 3.8) is 0 Å². The van der Waals surface area contributed by atoms with Crippen LogP contribution in [0.15, 0.2) is 18.2 Å². The maximum absolute atomic E-state index is 14.0. The fourth-order valence-corrected chi connectivity index (χ4v) is 3.78. The summed E-state index contributed by atoms with van der Waals surface area (Å²) in [6, 6.07) is 3.81. The van der Waals surface area contributed by atoms with Gasteiger partial charge >= 0.3 is 5.97 Å². The van der Waals surface area contributed by atoms with Crippen molar-refractivity contribution in [2.45, 2.75) is 31.9 Å². The number of benzene rings is 1. The van der Waals surface area contributed by atoms with Crippen molar-refractivity contribution < 1.29 is 23.5 Å². The summed E-state index contributed by atoms with van der Waals surface area (Å²) in [5, 5.41) is 3.22. The molecule has 1 aromatic carbocycles. The molecule has 30 heavy (non-hydrogen) atoms. The molecule has 2 N–H and O–H groups in total. The van der Waals surface area contributed by atoms with Gasteiger partial charge in [0.05, 0.1) is 30.5 Å². The number of methoxy groups -OCH3 is 2. The van der Waals surface area contributed by atoms with Gasteiger partial charge in [0.2, 0.25) is 0 Å². The van der Waals surface area contributed by atoms with E-state index in [0.717, 1.165) is 6.07 Å². The quantitative estimate of drug-likeness (QED) is 0.673. The second kappa shape index (κ2) is 9.44. The van der Waals surface area contributed by atoms with E-state index in [2.05, 4.69) is 20.0 Å². The number of nitrogens with zero attached hydrogens (tertiary/aromatic N) is 2. The third-order valence-corrected chi connectivity index (χ3v) is 5.46. The summed E-state index contributed by atoms with van der Waals surface area (Å²) in [4.78, 5) is 33.2. The summed E-state index contributed by atoms with van der Waals surface area (Å²) in [5.74, 6) is -1.35. The summed E-state index contributed by atoms with van der Waals surface area (Å²) in [6.45, 7) is 2.86. The van der Waals surface area contributed by atoms with Crippen molar-refractivity contribution >= 4 is 29.2 Å². The number of carbonyl (C=O) groups excluding carboxylic acids is 2. The Morgan fingerprint density at radius 1 is 1.37 bits per heavy atom. The van der Waals surface area contributed by atoms with Crippen molar-refractivity contribution in [2.24, 2.45) is 0 Å². The second-order valence-corrected chi connectivity index (χ2v) is 7.34. The molecule has 2 heterocycles. The van der Waals surface area contributed by atoms with Crippen molar-refractivity contribution in [3.05, 3.63) is 46.3 Å². The number of aromatic nitrogens is 2. The van der Waals surface area contributed by atoms with E-state index in [1.54, 1.807) is 13.2 Å². The minimum Gasteiger partial charge on any atom is -0.465 e. The number of imidazole rings is 1. The van der Waals surface area contributed by atoms with Crippen molar-refractivity contribution in [2.75, 3.05) is 32.2 Å². The molecule has 3 rings (SSSR count). The fraction of sp³-hybridized carbons (Fsp3) is 0.450. The first-order valence-corrected chi connectivity index (χ1v) is 9.95. The number of aromatic amines is 1. The molecule has 1 saturated heterocycles. The van der Waals surface area contributed by atoms with Crippen molar-refractivity contribution in [1.82, 2.24) is 15.3 Å². The summed E-state index contributed by atoms with van der Waals surface area (Å²) < 4.78 is 24.3. The Balaban J connectivity index is 1.71. The number of piperidine rings is 1. The van der Waals surface area contributed by atoms with Gasteiger partial charge in [-0.1, -0.05) is 18.5 Å². The minimum absolute atomic E-state index is 0.137. The van der Waals surface area contributed by atoms with Crippen LogP contribution in [0.5, 0.6) is 0 Å². The number of anilines is 1. The summed E-state index contributed by atoms with van der Waals surface area (Å²) in [5.41, 5.74) is 1.39. The molecule has 1 amide bonds. The molecule has 2 atom stereocenters. The summed E-state index contributed by atoms with van der Waals surface area (Å²) in [7, 11) is 2.80. The van der Waals surface area contributed by atoms with E-state index in [0.29, 0.717) is 37.3 Å². The molecular formula is C20H24ClFN4O4. The zero-order valence-electron chi connectivity index (χ0n) is 17.0. The summed E-state index contributed by atoms with van der Waals surface area (Å²) >= 11 is 6.02. The lowest BCUT2D eigenvalue weighted by Crippen LogP contribution is -2.55. The highest BCUT2D eigenvalue weighted by Gasteiger charge is 2.32. The van der Waals surface area contributed by atoms with Crippen LogP contribution in [0.25, 0.3) is 0 Å². The maximum atomic E-state index is 14.0. The van der Waals surface area contributed by atoms with Crippen molar-refractivity contribution in [3.8, 4) is 0 Å². The van der Waals surface area contributed by atoms with Crippen LogP contribution in [0, 0.1) is 5.82 Å². The van der Waals surface area contributed by atoms with Gasteiger partial charge in [-0.2, -0.15) is 0 Å². The Bertz CT molecular complexity index is 936. The third-order valence-electron chi connectivity index (χ3n) is 5.14. The van der Waals surface area contributed by atoms with E-state index in [1.807, 2.05) is 11.8 Å². The smallest absolute Gasteiger partial charge is 0.338 e. The number of esters is 1. The molecule has 2 aromatic rings. The Hall–Kier alpha value is -2.65. The minimum atomic E-state index is -0.607. The lowest BCUT2D eigenvalue weighted by atomic mass is 10.0. The molecule has 10 heteroatoms. The Labute approximate surface area is 178 Å². The normalized spacial score (nSPS) is 18.9. The first-order valence-electron chi connectivity index (χ1n) is 9.58. The zero-order valence-corrected chi connectivity index (χ0v) is 17.8. The van der Waals surface area contributed by atoms with Crippen LogP contribution in [0.3, 0.4) is 0 Å². The largest absolute Gasteiger partial charge is 0.465 e. The van der Waals surface area contributed by atoms with Crippen LogP contribution in [0.2, 0.25) is 5.15 Å². The van der Waals surface area contributed by atoms with E-state index in [9.17, 15) is 14.0 Å². The van der Waals surface area contributed by atoms with Gasteiger partial charge in [-0.15, -0.1) is 0 Å². The lowest BCUT2D eigenvalue weighted by molar-refractivity contribution is 0.0537. The topological polar surface area (TPSA) is 96.6 Å². The van der Waals surface area contributed by atoms with Gasteiger partial charge in [0.1, 0.15) is 5.82 Å². The molecular weight excluding hydrogens is 415 g/mol. The average molecular weight is 439 g/mol. The molecule has 0 saturated carbocycles. The summed E-state index contributed by atoms with van der Waals surface area (Å²) in [6.07, 6.45) is 0.853. The predicted molar refractivity (Wildman–Crippen MR) is 110 cm³/mol. The van der Waals surface area contributed by atoms with Crippen LogP contribution < -0.4 is 10.2 Å². The number of hydrogen-bond donors (Lipinski definition) is 2. The predicted octanol–water partition coefficient (Wildman–Crippen LogP) is 2.57. The van der Waals surface area contributed by atoms with Crippen LogP contribution in [0.4, 0.5) is 10.1 Å². The average Bonchev–Trinajstić information content (AvgIpc) is 3.13. The number of amides is 1. The van der Waals surface area contributed by atoms with Gasteiger partial charge in [-0.25, -0.2) is 14.2 Å². The van der Waals surface area contributed by atoms with E-state index >= 15 is 0 Å². The number of halogens is 2. The molecule has 1 aliphatic rings. The molecule has 1 fully saturated rings. The van der Waals surface area contributed by atoms with Crippen LogP contribution >= 0.6 is 11.6 Å². The highest BCUT2D eigenvalue weighted by atomic mass is 35.5. The van der Waals surface area contributed by atoms with Gasteiger partial charge in [0.15, 0.2) is 11.0 Å². The Kier molecular flexibility index (Phi) is 6.94. The molecule has 1 aromatic heterocycles. The maximum Gasteiger partial charge on any atom is 0.338 e. The number of nitrogens with one attached hydrogen (secondary N) is 2. The number of H-pyrrole nitrogens is 1. The fourth-order valence-electron chi connectivity index (χ4n) is 3.51. The second-order valence-electron chi connectivity index (χ2n) is 6.99. The monoisotopic (exact) mass is 438 g/mol. The van der Waals surface area contributed by atoms with Crippen molar-refractivity contribution in [1.29, 1.82) is 0 Å². The number of aryl methyl sites for hydroxylation is 1. The van der Waals surface area contributed by atoms with Crippen LogP contribution in [-0.4, -0.2) is 61.3 Å². The highest BCUT2D eigenvalue weighted by molar-refractivity contribution is 6.30. The van der Waals surface area contributed by atoms with E-state index in [4.69, 9.17) is 16.3 Å². The SMILES string of the molecule is CCc1[nH]c(C(=O)N[C@@H]2CCN(c3cc(F)cc(C(=O)OC)c3)C[C@@H]2OC)nc1Cl. The number of ether oxygens (including phenoxy) is 2. The van der Waals surface area contributed by atoms with Crippen LogP contribution in [0.1, 0.15) is 40.0 Å². The molecule has 8 nitrogen and oxygen atoms in total. The molecule has 0 radical (unpaired) electrons. The first kappa shape index (κ1) is 22.0. The number of hydrogen-bond acceptors (Lipinski definition) is 6.